The SMILES string of the molecule is OC1CCCC(Oc2cc(Nc3ccc(F)c(Cl)c3)ncn2)C1. The van der Waals surface area contributed by atoms with E-state index < -0.39 is 5.82 Å². The van der Waals surface area contributed by atoms with Crippen molar-refractivity contribution in [3.63, 3.8) is 0 Å². The summed E-state index contributed by atoms with van der Waals surface area (Å²) in [5.74, 6) is 0.489. The van der Waals surface area contributed by atoms with Gasteiger partial charge in [-0.15, -0.1) is 0 Å². The van der Waals surface area contributed by atoms with Gasteiger partial charge in [0.25, 0.3) is 0 Å². The molecule has 1 heterocycles. The van der Waals surface area contributed by atoms with Crippen LogP contribution >= 0.6 is 11.6 Å². The molecular weight excluding hydrogens is 321 g/mol. The molecule has 0 amide bonds. The molecular formula is C16H17ClFN3O2. The third kappa shape index (κ3) is 4.30. The molecule has 1 saturated carbocycles. The smallest absolute Gasteiger partial charge is 0.218 e. The molecule has 3 rings (SSSR count). The van der Waals surface area contributed by atoms with Crippen molar-refractivity contribution in [3.05, 3.63) is 41.4 Å². The standard InChI is InChI=1S/C16H17ClFN3O2/c17-13-6-10(4-5-14(13)18)21-15-8-16(20-9-19-15)23-12-3-1-2-11(22)7-12/h4-6,8-9,11-12,22H,1-3,7H2,(H,19,20,21). The van der Waals surface area contributed by atoms with Crippen molar-refractivity contribution >= 4 is 23.1 Å². The Morgan fingerprint density at radius 3 is 2.91 bits per heavy atom. The largest absolute Gasteiger partial charge is 0.474 e. The van der Waals surface area contributed by atoms with Gasteiger partial charge in [0.15, 0.2) is 0 Å². The van der Waals surface area contributed by atoms with Crippen LogP contribution in [0.15, 0.2) is 30.6 Å². The Bertz CT molecular complexity index is 686. The summed E-state index contributed by atoms with van der Waals surface area (Å²) in [6, 6.07) is 6.00. The van der Waals surface area contributed by atoms with E-state index in [0.717, 1.165) is 19.3 Å². The maximum Gasteiger partial charge on any atom is 0.218 e. The highest BCUT2D eigenvalue weighted by Crippen LogP contribution is 2.25. The fourth-order valence-corrected chi connectivity index (χ4v) is 2.77. The molecule has 0 spiro atoms. The van der Waals surface area contributed by atoms with E-state index in [1.165, 1.54) is 18.5 Å². The normalized spacial score (nSPS) is 21.0. The van der Waals surface area contributed by atoms with Gasteiger partial charge in [0.1, 0.15) is 24.1 Å². The van der Waals surface area contributed by atoms with Crippen molar-refractivity contribution in [2.24, 2.45) is 0 Å². The van der Waals surface area contributed by atoms with Gasteiger partial charge in [-0.2, -0.15) is 0 Å². The zero-order valence-corrected chi connectivity index (χ0v) is 13.1. The van der Waals surface area contributed by atoms with Gasteiger partial charge in [0.2, 0.25) is 5.88 Å². The average molecular weight is 338 g/mol. The van der Waals surface area contributed by atoms with E-state index in [-0.39, 0.29) is 17.2 Å². The zero-order valence-electron chi connectivity index (χ0n) is 12.4. The fraction of sp³-hybridized carbons (Fsp3) is 0.375. The van der Waals surface area contributed by atoms with Crippen LogP contribution < -0.4 is 10.1 Å². The second-order valence-electron chi connectivity index (χ2n) is 5.56. The van der Waals surface area contributed by atoms with Crippen molar-refractivity contribution in [3.8, 4) is 5.88 Å². The van der Waals surface area contributed by atoms with Crippen LogP contribution in [0.2, 0.25) is 5.02 Å². The minimum Gasteiger partial charge on any atom is -0.474 e. The molecule has 1 aromatic heterocycles. The van der Waals surface area contributed by atoms with Crippen molar-refractivity contribution in [1.82, 2.24) is 9.97 Å². The van der Waals surface area contributed by atoms with E-state index in [4.69, 9.17) is 16.3 Å². The summed E-state index contributed by atoms with van der Waals surface area (Å²) in [5.41, 5.74) is 0.620. The van der Waals surface area contributed by atoms with Gasteiger partial charge in [0, 0.05) is 18.2 Å². The fourth-order valence-electron chi connectivity index (χ4n) is 2.59. The molecule has 23 heavy (non-hydrogen) atoms. The van der Waals surface area contributed by atoms with Crippen molar-refractivity contribution in [1.29, 1.82) is 0 Å². The predicted octanol–water partition coefficient (Wildman–Crippen LogP) is 3.70. The summed E-state index contributed by atoms with van der Waals surface area (Å²) < 4.78 is 19.0. The van der Waals surface area contributed by atoms with Gasteiger partial charge in [0.05, 0.1) is 11.1 Å². The molecule has 0 saturated heterocycles. The Kier molecular flexibility index (Phi) is 4.93. The van der Waals surface area contributed by atoms with Crippen LogP contribution in [0.5, 0.6) is 5.88 Å². The number of benzene rings is 1. The van der Waals surface area contributed by atoms with E-state index in [0.29, 0.717) is 23.8 Å². The number of nitrogens with zero attached hydrogens (tertiary/aromatic N) is 2. The Labute approximate surface area is 138 Å². The maximum absolute atomic E-state index is 13.2. The molecule has 2 aromatic rings. The molecule has 2 atom stereocenters. The molecule has 1 fully saturated rings. The van der Waals surface area contributed by atoms with Crippen molar-refractivity contribution in [2.45, 2.75) is 37.9 Å². The number of rotatable bonds is 4. The van der Waals surface area contributed by atoms with Gasteiger partial charge in [-0.3, -0.25) is 0 Å². The van der Waals surface area contributed by atoms with Crippen LogP contribution in [0, 0.1) is 5.82 Å². The third-order valence-corrected chi connectivity index (χ3v) is 4.01. The number of ether oxygens (including phenoxy) is 1. The average Bonchev–Trinajstić information content (AvgIpc) is 2.51. The van der Waals surface area contributed by atoms with Crippen LogP contribution in [0.25, 0.3) is 0 Å². The molecule has 5 nitrogen and oxygen atoms in total. The number of halogens is 2. The number of hydrogen-bond donors (Lipinski definition) is 2. The number of hydrogen-bond acceptors (Lipinski definition) is 5. The number of aliphatic hydroxyl groups is 1. The maximum atomic E-state index is 13.2. The highest BCUT2D eigenvalue weighted by Gasteiger charge is 2.22. The van der Waals surface area contributed by atoms with E-state index >= 15 is 0 Å². The Morgan fingerprint density at radius 1 is 1.26 bits per heavy atom. The molecule has 122 valence electrons. The van der Waals surface area contributed by atoms with Crippen molar-refractivity contribution < 1.29 is 14.2 Å². The minimum atomic E-state index is -0.472. The predicted molar refractivity (Wildman–Crippen MR) is 85.6 cm³/mol. The third-order valence-electron chi connectivity index (χ3n) is 3.72. The lowest BCUT2D eigenvalue weighted by atomic mass is 9.95. The summed E-state index contributed by atoms with van der Waals surface area (Å²) in [6.45, 7) is 0. The lowest BCUT2D eigenvalue weighted by molar-refractivity contribution is 0.0514. The highest BCUT2D eigenvalue weighted by molar-refractivity contribution is 6.31. The molecule has 2 N–H and O–H groups in total. The molecule has 0 aliphatic heterocycles. The Hall–Kier alpha value is -1.92. The second kappa shape index (κ2) is 7.10. The molecule has 1 aliphatic carbocycles. The van der Waals surface area contributed by atoms with Gasteiger partial charge < -0.3 is 15.2 Å². The molecule has 7 heteroatoms. The minimum absolute atomic E-state index is 0.0386. The van der Waals surface area contributed by atoms with Gasteiger partial charge in [-0.25, -0.2) is 14.4 Å². The number of aromatic nitrogens is 2. The van der Waals surface area contributed by atoms with Crippen molar-refractivity contribution in [2.75, 3.05) is 5.32 Å². The zero-order chi connectivity index (χ0) is 16.2. The van der Waals surface area contributed by atoms with Crippen LogP contribution in [0.4, 0.5) is 15.9 Å². The number of aliphatic hydroxyl groups excluding tert-OH is 1. The van der Waals surface area contributed by atoms with Crippen LogP contribution in [0.3, 0.4) is 0 Å². The summed E-state index contributed by atoms with van der Waals surface area (Å²) in [7, 11) is 0. The van der Waals surface area contributed by atoms with Gasteiger partial charge in [-0.1, -0.05) is 11.6 Å². The topological polar surface area (TPSA) is 67.3 Å². The first-order chi connectivity index (χ1) is 11.1. The van der Waals surface area contributed by atoms with Gasteiger partial charge >= 0.3 is 0 Å². The summed E-state index contributed by atoms with van der Waals surface area (Å²) in [5, 5.41) is 12.8. The molecule has 0 radical (unpaired) electrons. The molecule has 0 bridgehead atoms. The van der Waals surface area contributed by atoms with Gasteiger partial charge in [-0.05, 0) is 37.5 Å². The quantitative estimate of drug-likeness (QED) is 0.890. The molecule has 2 unspecified atom stereocenters. The number of nitrogens with one attached hydrogen (secondary N) is 1. The Balaban J connectivity index is 1.68. The first-order valence-corrected chi connectivity index (χ1v) is 7.87. The monoisotopic (exact) mass is 337 g/mol. The van der Waals surface area contributed by atoms with Crippen LogP contribution in [-0.4, -0.2) is 27.3 Å². The Morgan fingerprint density at radius 2 is 2.13 bits per heavy atom. The lowest BCUT2D eigenvalue weighted by Gasteiger charge is -2.26. The second-order valence-corrected chi connectivity index (χ2v) is 5.96. The summed E-state index contributed by atoms with van der Waals surface area (Å²) in [6.07, 6.45) is 4.31. The van der Waals surface area contributed by atoms with E-state index in [1.807, 2.05) is 0 Å². The lowest BCUT2D eigenvalue weighted by Crippen LogP contribution is -2.28. The first kappa shape index (κ1) is 16.0. The molecule has 1 aromatic carbocycles. The van der Waals surface area contributed by atoms with E-state index in [1.54, 1.807) is 12.1 Å². The van der Waals surface area contributed by atoms with Crippen LogP contribution in [0.1, 0.15) is 25.7 Å². The highest BCUT2D eigenvalue weighted by atomic mass is 35.5. The van der Waals surface area contributed by atoms with Crippen LogP contribution in [-0.2, 0) is 0 Å². The van der Waals surface area contributed by atoms with E-state index in [2.05, 4.69) is 15.3 Å². The number of anilines is 2. The summed E-state index contributed by atoms with van der Waals surface area (Å²) in [4.78, 5) is 8.20. The molecule has 1 aliphatic rings. The first-order valence-electron chi connectivity index (χ1n) is 7.49. The van der Waals surface area contributed by atoms with E-state index in [9.17, 15) is 9.50 Å². The summed E-state index contributed by atoms with van der Waals surface area (Å²) >= 11 is 5.76.